The molecule has 0 bridgehead atoms. The zero-order valence-corrected chi connectivity index (χ0v) is 13.0. The van der Waals surface area contributed by atoms with Crippen molar-refractivity contribution in [3.8, 4) is 5.69 Å². The second-order valence-electron chi connectivity index (χ2n) is 5.86. The van der Waals surface area contributed by atoms with E-state index in [0.717, 1.165) is 5.69 Å². The summed E-state index contributed by atoms with van der Waals surface area (Å²) in [5, 5.41) is 28.2. The van der Waals surface area contributed by atoms with Crippen LogP contribution in [-0.2, 0) is 0 Å². The topological polar surface area (TPSA) is 91.5 Å². The largest absolute Gasteiger partial charge is 0.388 e. The van der Waals surface area contributed by atoms with Crippen LogP contribution in [0.2, 0.25) is 0 Å². The molecule has 0 unspecified atom stereocenters. The molecular weight excluding hydrogens is 296 g/mol. The number of para-hydroxylation sites is 1. The smallest absolute Gasteiger partial charge is 0.276 e. The van der Waals surface area contributed by atoms with Gasteiger partial charge in [0.05, 0.1) is 17.5 Å². The first-order valence-corrected chi connectivity index (χ1v) is 7.71. The maximum Gasteiger partial charge on any atom is 0.276 e. The van der Waals surface area contributed by atoms with Crippen molar-refractivity contribution in [3.05, 3.63) is 42.2 Å². The molecule has 1 aromatic carbocycles. The van der Waals surface area contributed by atoms with Crippen molar-refractivity contribution in [2.45, 2.75) is 31.5 Å². The molecule has 0 aliphatic carbocycles. The van der Waals surface area contributed by atoms with E-state index < -0.39 is 11.7 Å². The number of likely N-dealkylation sites (tertiary alicyclic amines) is 1. The van der Waals surface area contributed by atoms with E-state index >= 15 is 0 Å². The lowest BCUT2D eigenvalue weighted by Crippen LogP contribution is -2.56. The number of aliphatic hydroxyl groups excluding tert-OH is 1. The van der Waals surface area contributed by atoms with Crippen molar-refractivity contribution in [2.24, 2.45) is 0 Å². The Hall–Kier alpha value is -2.25. The van der Waals surface area contributed by atoms with Crippen molar-refractivity contribution in [1.82, 2.24) is 19.9 Å². The molecule has 1 aliphatic heterocycles. The molecule has 7 nitrogen and oxygen atoms in total. The molecule has 2 heterocycles. The van der Waals surface area contributed by atoms with Crippen molar-refractivity contribution in [1.29, 1.82) is 0 Å². The molecule has 1 aromatic heterocycles. The van der Waals surface area contributed by atoms with Crippen LogP contribution in [-0.4, -0.2) is 60.8 Å². The van der Waals surface area contributed by atoms with Gasteiger partial charge in [-0.15, -0.1) is 5.10 Å². The second kappa shape index (κ2) is 6.10. The Labute approximate surface area is 134 Å². The Morgan fingerprint density at radius 3 is 2.78 bits per heavy atom. The molecule has 23 heavy (non-hydrogen) atoms. The maximum atomic E-state index is 12.5. The molecule has 1 amide bonds. The van der Waals surface area contributed by atoms with Crippen LogP contribution in [0.1, 0.15) is 30.3 Å². The van der Waals surface area contributed by atoms with E-state index in [1.807, 2.05) is 37.3 Å². The third kappa shape index (κ3) is 2.97. The first kappa shape index (κ1) is 15.6. The zero-order valence-electron chi connectivity index (χ0n) is 13.0. The van der Waals surface area contributed by atoms with Crippen LogP contribution >= 0.6 is 0 Å². The van der Waals surface area contributed by atoms with Gasteiger partial charge in [0, 0.05) is 13.1 Å². The summed E-state index contributed by atoms with van der Waals surface area (Å²) in [5.74, 6) is -0.288. The first-order chi connectivity index (χ1) is 11.0. The molecule has 2 atom stereocenters. The molecule has 2 N–H and O–H groups in total. The SMILES string of the molecule is CC[C@@]1(O)CCN(C(=O)c2cn(-c3ccccc3)nn2)C[C@H]1O. The minimum atomic E-state index is -1.11. The van der Waals surface area contributed by atoms with Gasteiger partial charge in [-0.3, -0.25) is 4.79 Å². The van der Waals surface area contributed by atoms with Gasteiger partial charge in [-0.1, -0.05) is 30.3 Å². The quantitative estimate of drug-likeness (QED) is 0.866. The zero-order chi connectivity index (χ0) is 16.4. The van der Waals surface area contributed by atoms with Crippen molar-refractivity contribution in [2.75, 3.05) is 13.1 Å². The molecular formula is C16H20N4O3. The monoisotopic (exact) mass is 316 g/mol. The van der Waals surface area contributed by atoms with Gasteiger partial charge in [0.25, 0.3) is 5.91 Å². The minimum absolute atomic E-state index is 0.0986. The normalized spacial score (nSPS) is 24.7. The number of aliphatic hydroxyl groups is 2. The number of carbonyl (C=O) groups is 1. The average Bonchev–Trinajstić information content (AvgIpc) is 3.07. The van der Waals surface area contributed by atoms with Gasteiger partial charge in [-0.05, 0) is 25.0 Å². The van der Waals surface area contributed by atoms with Crippen molar-refractivity contribution in [3.63, 3.8) is 0 Å². The van der Waals surface area contributed by atoms with E-state index in [1.165, 1.54) is 9.58 Å². The fraction of sp³-hybridized carbons (Fsp3) is 0.438. The molecule has 1 fully saturated rings. The molecule has 122 valence electrons. The number of hydrogen-bond donors (Lipinski definition) is 2. The fourth-order valence-electron chi connectivity index (χ4n) is 2.79. The molecule has 3 rings (SSSR count). The Balaban J connectivity index is 1.74. The van der Waals surface area contributed by atoms with E-state index in [2.05, 4.69) is 10.3 Å². The lowest BCUT2D eigenvalue weighted by Gasteiger charge is -2.41. The molecule has 2 aromatic rings. The van der Waals surface area contributed by atoms with Crippen molar-refractivity contribution < 1.29 is 15.0 Å². The Morgan fingerprint density at radius 1 is 1.39 bits per heavy atom. The predicted octanol–water partition coefficient (Wildman–Crippen LogP) is 0.615. The van der Waals surface area contributed by atoms with Crippen molar-refractivity contribution >= 4 is 5.91 Å². The number of aromatic nitrogens is 3. The fourth-order valence-corrected chi connectivity index (χ4v) is 2.79. The number of nitrogens with zero attached hydrogens (tertiary/aromatic N) is 4. The Morgan fingerprint density at radius 2 is 2.13 bits per heavy atom. The van der Waals surface area contributed by atoms with Crippen LogP contribution < -0.4 is 0 Å². The number of piperidine rings is 1. The predicted molar refractivity (Wildman–Crippen MR) is 83.1 cm³/mol. The van der Waals surface area contributed by atoms with Gasteiger partial charge in [-0.25, -0.2) is 4.68 Å². The standard InChI is InChI=1S/C16H20N4O3/c1-2-16(23)8-9-19(11-14(16)21)15(22)13-10-20(18-17-13)12-6-4-3-5-7-12/h3-7,10,14,21,23H,2,8-9,11H2,1H3/t14-,16-/m1/s1. The summed E-state index contributed by atoms with van der Waals surface area (Å²) < 4.78 is 1.54. The van der Waals surface area contributed by atoms with Crippen LogP contribution in [0.3, 0.4) is 0 Å². The van der Waals surface area contributed by atoms with E-state index in [-0.39, 0.29) is 18.1 Å². The Kier molecular flexibility index (Phi) is 4.14. The highest BCUT2D eigenvalue weighted by Crippen LogP contribution is 2.26. The third-order valence-electron chi connectivity index (χ3n) is 4.46. The van der Waals surface area contributed by atoms with Crippen LogP contribution in [0, 0.1) is 0 Å². The number of β-amino-alcohol motifs (C(OH)–C–C–N with tert-alkyl or cyclic N) is 1. The molecule has 7 heteroatoms. The summed E-state index contributed by atoms with van der Waals surface area (Å²) in [6, 6.07) is 9.40. The summed E-state index contributed by atoms with van der Waals surface area (Å²) in [7, 11) is 0. The number of carbonyl (C=O) groups excluding carboxylic acids is 1. The summed E-state index contributed by atoms with van der Waals surface area (Å²) >= 11 is 0. The highest BCUT2D eigenvalue weighted by Gasteiger charge is 2.40. The van der Waals surface area contributed by atoms with Gasteiger partial charge < -0.3 is 15.1 Å². The summed E-state index contributed by atoms with van der Waals surface area (Å²) in [5.41, 5.74) is -0.0700. The third-order valence-corrected chi connectivity index (χ3v) is 4.46. The first-order valence-electron chi connectivity index (χ1n) is 7.71. The molecule has 1 saturated heterocycles. The molecule has 1 aliphatic rings. The number of hydrogen-bond acceptors (Lipinski definition) is 5. The van der Waals surface area contributed by atoms with Crippen LogP contribution in [0.5, 0.6) is 0 Å². The van der Waals surface area contributed by atoms with E-state index in [9.17, 15) is 15.0 Å². The summed E-state index contributed by atoms with van der Waals surface area (Å²) in [6.07, 6.45) is 1.43. The number of amides is 1. The average molecular weight is 316 g/mol. The highest BCUT2D eigenvalue weighted by atomic mass is 16.3. The van der Waals surface area contributed by atoms with Gasteiger partial charge in [0.1, 0.15) is 6.10 Å². The molecule has 0 saturated carbocycles. The van der Waals surface area contributed by atoms with Gasteiger partial charge in [-0.2, -0.15) is 0 Å². The summed E-state index contributed by atoms with van der Waals surface area (Å²) in [6.45, 7) is 2.31. The van der Waals surface area contributed by atoms with Crippen LogP contribution in [0.4, 0.5) is 0 Å². The molecule has 0 spiro atoms. The van der Waals surface area contributed by atoms with Crippen LogP contribution in [0.25, 0.3) is 5.69 Å². The number of benzene rings is 1. The van der Waals surface area contributed by atoms with E-state index in [1.54, 1.807) is 6.20 Å². The van der Waals surface area contributed by atoms with Gasteiger partial charge in [0.2, 0.25) is 0 Å². The van der Waals surface area contributed by atoms with E-state index in [4.69, 9.17) is 0 Å². The lowest BCUT2D eigenvalue weighted by atomic mass is 9.86. The second-order valence-corrected chi connectivity index (χ2v) is 5.86. The Bertz CT molecular complexity index is 688. The highest BCUT2D eigenvalue weighted by molar-refractivity contribution is 5.92. The van der Waals surface area contributed by atoms with E-state index in [0.29, 0.717) is 19.4 Å². The number of rotatable bonds is 3. The maximum absolute atomic E-state index is 12.5. The van der Waals surface area contributed by atoms with Crippen LogP contribution in [0.15, 0.2) is 36.5 Å². The van der Waals surface area contributed by atoms with Gasteiger partial charge >= 0.3 is 0 Å². The minimum Gasteiger partial charge on any atom is -0.388 e. The molecule has 0 radical (unpaired) electrons. The van der Waals surface area contributed by atoms with Gasteiger partial charge in [0.15, 0.2) is 5.69 Å². The summed E-state index contributed by atoms with van der Waals surface area (Å²) in [4.78, 5) is 14.0. The lowest BCUT2D eigenvalue weighted by molar-refractivity contribution is -0.114.